The molecule has 2 aliphatic heterocycles. The van der Waals surface area contributed by atoms with Crippen LogP contribution in [0.1, 0.15) is 30.7 Å². The first-order valence-corrected chi connectivity index (χ1v) is 10.9. The van der Waals surface area contributed by atoms with E-state index in [0.29, 0.717) is 22.6 Å². The summed E-state index contributed by atoms with van der Waals surface area (Å²) in [5, 5.41) is 15.2. The van der Waals surface area contributed by atoms with Crippen LogP contribution in [0.25, 0.3) is 0 Å². The molecule has 3 heterocycles. The number of allylic oxidation sites excluding steroid dienone is 1. The van der Waals surface area contributed by atoms with Crippen LogP contribution in [0, 0.1) is 5.92 Å². The lowest BCUT2D eigenvalue weighted by Gasteiger charge is -2.22. The van der Waals surface area contributed by atoms with Crippen LogP contribution in [0.4, 0.5) is 5.13 Å². The molecule has 1 aromatic heterocycles. The second-order valence-corrected chi connectivity index (χ2v) is 9.49. The predicted molar refractivity (Wildman–Crippen MR) is 102 cm³/mol. The average Bonchev–Trinajstić information content (AvgIpc) is 3.19. The molecule has 3 aliphatic rings. The van der Waals surface area contributed by atoms with Gasteiger partial charge in [-0.15, -0.1) is 33.7 Å². The van der Waals surface area contributed by atoms with Crippen molar-refractivity contribution < 1.29 is 9.59 Å². The molecule has 1 fully saturated rings. The Morgan fingerprint density at radius 1 is 1.44 bits per heavy atom. The first-order valence-electron chi connectivity index (χ1n) is 8.02. The second kappa shape index (κ2) is 7.08. The Hall–Kier alpha value is -1.39. The molecule has 132 valence electrons. The molecule has 2 atom stereocenters. The maximum atomic E-state index is 12.1. The van der Waals surface area contributed by atoms with Gasteiger partial charge in [0.2, 0.25) is 16.9 Å². The maximum absolute atomic E-state index is 12.1. The number of fused-ring (bicyclic) bond motifs is 1. The Bertz CT molecular complexity index is 771. The van der Waals surface area contributed by atoms with Crippen LogP contribution in [-0.2, 0) is 9.59 Å². The van der Waals surface area contributed by atoms with E-state index in [1.165, 1.54) is 35.9 Å². The summed E-state index contributed by atoms with van der Waals surface area (Å²) in [4.78, 5) is 29.8. The number of hydrogen-bond donors (Lipinski definition) is 2. The molecule has 1 aliphatic carbocycles. The summed E-state index contributed by atoms with van der Waals surface area (Å²) in [6.45, 7) is 1.99. The van der Waals surface area contributed by atoms with Crippen LogP contribution in [0.3, 0.4) is 0 Å². The molecule has 25 heavy (non-hydrogen) atoms. The zero-order valence-corrected chi connectivity index (χ0v) is 16.0. The van der Waals surface area contributed by atoms with Gasteiger partial charge < -0.3 is 5.32 Å². The third-order valence-electron chi connectivity index (χ3n) is 3.97. The van der Waals surface area contributed by atoms with E-state index in [-0.39, 0.29) is 28.9 Å². The summed E-state index contributed by atoms with van der Waals surface area (Å²) in [7, 11) is 0. The van der Waals surface area contributed by atoms with Gasteiger partial charge in [-0.05, 0) is 24.7 Å². The van der Waals surface area contributed by atoms with E-state index in [1.807, 2.05) is 13.0 Å². The fourth-order valence-electron chi connectivity index (χ4n) is 2.61. The first kappa shape index (κ1) is 17.0. The van der Waals surface area contributed by atoms with Crippen LogP contribution in [0.5, 0.6) is 0 Å². The van der Waals surface area contributed by atoms with E-state index in [4.69, 9.17) is 0 Å². The van der Waals surface area contributed by atoms with E-state index >= 15 is 0 Å². The molecule has 10 heteroatoms. The molecule has 2 amide bonds. The molecular weight excluding hydrogens is 378 g/mol. The summed E-state index contributed by atoms with van der Waals surface area (Å²) in [6.07, 6.45) is 4.30. The molecule has 0 bridgehead atoms. The highest BCUT2D eigenvalue weighted by molar-refractivity contribution is 8.04. The predicted octanol–water partition coefficient (Wildman–Crippen LogP) is 2.21. The topological polar surface area (TPSA) is 96.3 Å². The van der Waals surface area contributed by atoms with Gasteiger partial charge in [0.05, 0.1) is 17.4 Å². The van der Waals surface area contributed by atoms with Gasteiger partial charge in [0.25, 0.3) is 0 Å². The van der Waals surface area contributed by atoms with Gasteiger partial charge >= 0.3 is 0 Å². The summed E-state index contributed by atoms with van der Waals surface area (Å²) >= 11 is 4.49. The molecule has 1 aromatic rings. The van der Waals surface area contributed by atoms with Gasteiger partial charge in [0.15, 0.2) is 0 Å². The van der Waals surface area contributed by atoms with Gasteiger partial charge in [-0.1, -0.05) is 17.4 Å². The number of nitrogens with zero attached hydrogens (tertiary/aromatic N) is 3. The normalized spacial score (nSPS) is 25.1. The van der Waals surface area contributed by atoms with E-state index in [9.17, 15) is 9.59 Å². The van der Waals surface area contributed by atoms with E-state index < -0.39 is 0 Å². The second-order valence-electron chi connectivity index (χ2n) is 6.14. The molecule has 0 unspecified atom stereocenters. The zero-order valence-electron chi connectivity index (χ0n) is 13.5. The molecule has 1 saturated carbocycles. The van der Waals surface area contributed by atoms with Crippen LogP contribution >= 0.6 is 34.9 Å². The number of nitrogens with one attached hydrogen (secondary N) is 2. The lowest BCUT2D eigenvalue weighted by Crippen LogP contribution is -2.44. The zero-order chi connectivity index (χ0) is 17.4. The monoisotopic (exact) mass is 395 g/mol. The van der Waals surface area contributed by atoms with Gasteiger partial charge in [-0.2, -0.15) is 0 Å². The number of aliphatic imine (C=N–C) groups is 1. The van der Waals surface area contributed by atoms with Crippen LogP contribution in [0.2, 0.25) is 0 Å². The first-order chi connectivity index (χ1) is 12.1. The number of amides is 2. The largest absolute Gasteiger partial charge is 0.313 e. The standard InChI is InChI=1S/C15H17N5O2S3/c1-7-4-9-12(22)16-10(17-14(9)24-7)5-23-6-11(21)18-15-20-19-13(25-15)8-2-3-8/h4,8-9,14H,2-3,5-6H2,1H3,(H,16,17,22)(H,18,20,21)/t9-,14-/m1/s1. The number of thioether (sulfide) groups is 2. The minimum Gasteiger partial charge on any atom is -0.313 e. The number of carbonyl (C=O) groups excluding carboxylic acids is 2. The molecule has 7 nitrogen and oxygen atoms in total. The number of anilines is 1. The Kier molecular flexibility index (Phi) is 4.83. The van der Waals surface area contributed by atoms with Crippen LogP contribution < -0.4 is 10.6 Å². The summed E-state index contributed by atoms with van der Waals surface area (Å²) < 4.78 is 0. The van der Waals surface area contributed by atoms with Crippen molar-refractivity contribution in [3.63, 3.8) is 0 Å². The molecule has 0 saturated heterocycles. The van der Waals surface area contributed by atoms with Gasteiger partial charge in [-0.3, -0.25) is 19.9 Å². The van der Waals surface area contributed by atoms with Crippen molar-refractivity contribution in [3.8, 4) is 0 Å². The molecule has 0 spiro atoms. The lowest BCUT2D eigenvalue weighted by molar-refractivity contribution is -0.122. The minimum atomic E-state index is -0.167. The van der Waals surface area contributed by atoms with Gasteiger partial charge in [0.1, 0.15) is 16.2 Å². The SMILES string of the molecule is CC1=C[C@@H]2C(=O)NC(CSCC(=O)Nc3nnc(C4CC4)s3)=N[C@@H]2S1. The summed E-state index contributed by atoms with van der Waals surface area (Å²) in [5.74, 6) is 1.69. The number of amidine groups is 1. The maximum Gasteiger partial charge on any atom is 0.236 e. The summed E-state index contributed by atoms with van der Waals surface area (Å²) in [5.41, 5.74) is 0. The Labute approximate surface area is 157 Å². The Morgan fingerprint density at radius 3 is 3.08 bits per heavy atom. The Morgan fingerprint density at radius 2 is 2.28 bits per heavy atom. The fraction of sp³-hybridized carbons (Fsp3) is 0.533. The van der Waals surface area contributed by atoms with Crippen molar-refractivity contribution in [1.29, 1.82) is 0 Å². The number of aromatic nitrogens is 2. The number of rotatable bonds is 6. The highest BCUT2D eigenvalue weighted by Crippen LogP contribution is 2.42. The van der Waals surface area contributed by atoms with Crippen LogP contribution in [0.15, 0.2) is 16.0 Å². The van der Waals surface area contributed by atoms with E-state index in [1.54, 1.807) is 11.8 Å². The highest BCUT2D eigenvalue weighted by atomic mass is 32.2. The smallest absolute Gasteiger partial charge is 0.236 e. The van der Waals surface area contributed by atoms with Crippen LogP contribution in [-0.4, -0.2) is 44.7 Å². The Balaban J connectivity index is 1.24. The number of carbonyl (C=O) groups is 2. The average molecular weight is 396 g/mol. The van der Waals surface area contributed by atoms with Crippen molar-refractivity contribution in [2.45, 2.75) is 31.1 Å². The minimum absolute atomic E-state index is 0.00846. The summed E-state index contributed by atoms with van der Waals surface area (Å²) in [6, 6.07) is 0. The van der Waals surface area contributed by atoms with Gasteiger partial charge in [0, 0.05) is 5.92 Å². The third kappa shape index (κ3) is 4.06. The molecular formula is C15H17N5O2S3. The van der Waals surface area contributed by atoms with Crippen molar-refractivity contribution in [1.82, 2.24) is 15.5 Å². The van der Waals surface area contributed by atoms with E-state index in [0.717, 1.165) is 9.91 Å². The lowest BCUT2D eigenvalue weighted by atomic mass is 10.1. The van der Waals surface area contributed by atoms with E-state index in [2.05, 4.69) is 25.8 Å². The van der Waals surface area contributed by atoms with Crippen molar-refractivity contribution in [2.75, 3.05) is 16.8 Å². The third-order valence-corrected chi connectivity index (χ3v) is 7.06. The highest BCUT2D eigenvalue weighted by Gasteiger charge is 2.36. The molecule has 4 rings (SSSR count). The van der Waals surface area contributed by atoms with Crippen molar-refractivity contribution in [2.24, 2.45) is 10.9 Å². The quantitative estimate of drug-likeness (QED) is 0.767. The molecule has 2 N–H and O–H groups in total. The fourth-order valence-corrected chi connectivity index (χ4v) is 5.37. The number of hydrogen-bond acceptors (Lipinski definition) is 8. The molecule has 0 aromatic carbocycles. The van der Waals surface area contributed by atoms with Gasteiger partial charge in [-0.25, -0.2) is 0 Å². The van der Waals surface area contributed by atoms with Crippen molar-refractivity contribution in [3.05, 3.63) is 16.0 Å². The molecule has 0 radical (unpaired) electrons. The van der Waals surface area contributed by atoms with Crippen molar-refractivity contribution >= 4 is 57.6 Å².